The fourth-order valence-corrected chi connectivity index (χ4v) is 4.54. The van der Waals surface area contributed by atoms with Gasteiger partial charge < -0.3 is 15.8 Å². The zero-order valence-corrected chi connectivity index (χ0v) is 11.5. The van der Waals surface area contributed by atoms with Gasteiger partial charge in [0.15, 0.2) is 9.84 Å². The van der Waals surface area contributed by atoms with Gasteiger partial charge in [-0.2, -0.15) is 0 Å². The molecule has 2 heterocycles. The molecular formula is C11H20N2O4S. The van der Waals surface area contributed by atoms with Gasteiger partial charge in [-0.3, -0.25) is 4.79 Å². The normalized spacial score (nSPS) is 42.9. The first-order valence-electron chi connectivity index (χ1n) is 6.03. The second-order valence-electron chi connectivity index (χ2n) is 5.90. The van der Waals surface area contributed by atoms with Crippen molar-refractivity contribution in [3.05, 3.63) is 0 Å². The van der Waals surface area contributed by atoms with E-state index in [1.54, 1.807) is 13.8 Å². The van der Waals surface area contributed by atoms with Crippen LogP contribution in [0.15, 0.2) is 0 Å². The van der Waals surface area contributed by atoms with E-state index >= 15 is 0 Å². The van der Waals surface area contributed by atoms with Crippen LogP contribution in [0.3, 0.4) is 0 Å². The first-order valence-corrected chi connectivity index (χ1v) is 7.85. The maximum Gasteiger partial charge on any atom is 0.230 e. The number of rotatable bonds is 2. The van der Waals surface area contributed by atoms with Crippen LogP contribution in [-0.2, 0) is 19.4 Å². The second kappa shape index (κ2) is 4.18. The summed E-state index contributed by atoms with van der Waals surface area (Å²) in [7, 11) is -3.03. The quantitative estimate of drug-likeness (QED) is 0.677. The molecule has 1 amide bonds. The van der Waals surface area contributed by atoms with E-state index in [4.69, 9.17) is 10.5 Å². The average molecular weight is 276 g/mol. The van der Waals surface area contributed by atoms with Crippen molar-refractivity contribution in [2.24, 2.45) is 11.1 Å². The van der Waals surface area contributed by atoms with Crippen molar-refractivity contribution in [1.82, 2.24) is 5.32 Å². The van der Waals surface area contributed by atoms with Gasteiger partial charge >= 0.3 is 0 Å². The van der Waals surface area contributed by atoms with Gasteiger partial charge in [-0.05, 0) is 20.3 Å². The molecule has 0 spiro atoms. The monoisotopic (exact) mass is 276 g/mol. The molecule has 3 N–H and O–H groups in total. The summed E-state index contributed by atoms with van der Waals surface area (Å²) >= 11 is 0. The van der Waals surface area contributed by atoms with Crippen LogP contribution in [0.25, 0.3) is 0 Å². The molecule has 6 nitrogen and oxygen atoms in total. The van der Waals surface area contributed by atoms with Crippen LogP contribution in [0.2, 0.25) is 0 Å². The Morgan fingerprint density at radius 1 is 1.44 bits per heavy atom. The third-order valence-electron chi connectivity index (χ3n) is 3.96. The number of hydrogen-bond acceptors (Lipinski definition) is 5. The predicted molar refractivity (Wildman–Crippen MR) is 66.7 cm³/mol. The van der Waals surface area contributed by atoms with Crippen molar-refractivity contribution in [1.29, 1.82) is 0 Å². The average Bonchev–Trinajstić information content (AvgIpc) is 2.70. The topological polar surface area (TPSA) is 98.5 Å². The third kappa shape index (κ3) is 2.39. The van der Waals surface area contributed by atoms with Gasteiger partial charge in [-0.15, -0.1) is 0 Å². The summed E-state index contributed by atoms with van der Waals surface area (Å²) in [6, 6.07) is -0.348. The van der Waals surface area contributed by atoms with Crippen LogP contribution in [0.4, 0.5) is 0 Å². The summed E-state index contributed by atoms with van der Waals surface area (Å²) in [6.45, 7) is 4.16. The van der Waals surface area contributed by atoms with Crippen molar-refractivity contribution in [2.75, 3.05) is 24.7 Å². The number of sulfone groups is 1. The number of ether oxygens (including phenoxy) is 1. The molecule has 2 saturated heterocycles. The molecule has 2 aliphatic rings. The van der Waals surface area contributed by atoms with Gasteiger partial charge in [0.25, 0.3) is 0 Å². The Morgan fingerprint density at radius 3 is 2.56 bits per heavy atom. The lowest BCUT2D eigenvalue weighted by Crippen LogP contribution is -2.56. The molecule has 0 aromatic rings. The number of hydrogen-bond donors (Lipinski definition) is 2. The zero-order valence-electron chi connectivity index (χ0n) is 10.7. The van der Waals surface area contributed by atoms with Crippen LogP contribution >= 0.6 is 0 Å². The summed E-state index contributed by atoms with van der Waals surface area (Å²) in [6.07, 6.45) is 0.452. The van der Waals surface area contributed by atoms with E-state index in [1.165, 1.54) is 0 Å². The van der Waals surface area contributed by atoms with E-state index in [9.17, 15) is 13.2 Å². The lowest BCUT2D eigenvalue weighted by atomic mass is 9.83. The van der Waals surface area contributed by atoms with E-state index < -0.39 is 20.8 Å². The molecule has 0 aromatic heterocycles. The minimum absolute atomic E-state index is 0.00207. The number of carbonyl (C=O) groups is 1. The highest BCUT2D eigenvalue weighted by Crippen LogP contribution is 2.30. The molecule has 3 atom stereocenters. The summed E-state index contributed by atoms with van der Waals surface area (Å²) < 4.78 is 28.2. The first-order chi connectivity index (χ1) is 8.17. The van der Waals surface area contributed by atoms with Crippen LogP contribution in [0.1, 0.15) is 20.3 Å². The van der Waals surface area contributed by atoms with Gasteiger partial charge in [0.1, 0.15) is 0 Å². The highest BCUT2D eigenvalue weighted by Gasteiger charge is 2.48. The predicted octanol–water partition coefficient (Wildman–Crippen LogP) is -0.956. The minimum atomic E-state index is -3.03. The molecule has 0 aromatic carbocycles. The standard InChI is InChI=1S/C11H20N2O4S/c1-10(3-4-18(15,16)7-10)13-9(14)11(2)6-17-5-8(11)12/h8H,3-7,12H2,1-2H3,(H,13,14). The summed E-state index contributed by atoms with van der Waals surface area (Å²) in [5, 5.41) is 2.85. The third-order valence-corrected chi connectivity index (χ3v) is 5.86. The van der Waals surface area contributed by atoms with Crippen LogP contribution in [0.5, 0.6) is 0 Å². The first kappa shape index (κ1) is 13.8. The molecule has 18 heavy (non-hydrogen) atoms. The van der Waals surface area contributed by atoms with Crippen molar-refractivity contribution in [3.63, 3.8) is 0 Å². The Balaban J connectivity index is 2.08. The largest absolute Gasteiger partial charge is 0.379 e. The van der Waals surface area contributed by atoms with Crippen LogP contribution < -0.4 is 11.1 Å². The maximum absolute atomic E-state index is 12.3. The molecule has 2 aliphatic heterocycles. The second-order valence-corrected chi connectivity index (χ2v) is 8.08. The Bertz CT molecular complexity index is 464. The highest BCUT2D eigenvalue weighted by molar-refractivity contribution is 7.91. The van der Waals surface area contributed by atoms with Crippen LogP contribution in [0, 0.1) is 5.41 Å². The summed E-state index contributed by atoms with van der Waals surface area (Å²) in [5.74, 6) is -0.0897. The van der Waals surface area contributed by atoms with E-state index in [-0.39, 0.29) is 30.1 Å². The minimum Gasteiger partial charge on any atom is -0.379 e. The van der Waals surface area contributed by atoms with E-state index in [1.807, 2.05) is 0 Å². The molecule has 0 bridgehead atoms. The van der Waals surface area contributed by atoms with Crippen molar-refractivity contribution < 1.29 is 17.9 Å². The fourth-order valence-electron chi connectivity index (χ4n) is 2.45. The summed E-state index contributed by atoms with van der Waals surface area (Å²) in [5.41, 5.74) is 4.43. The van der Waals surface area contributed by atoms with Crippen molar-refractivity contribution >= 4 is 15.7 Å². The Labute approximate surface area is 107 Å². The van der Waals surface area contributed by atoms with E-state index in [0.29, 0.717) is 13.0 Å². The lowest BCUT2D eigenvalue weighted by molar-refractivity contribution is -0.132. The lowest BCUT2D eigenvalue weighted by Gasteiger charge is -2.32. The number of amides is 1. The zero-order chi connectivity index (χ0) is 13.6. The summed E-state index contributed by atoms with van der Waals surface area (Å²) in [4.78, 5) is 12.3. The number of carbonyl (C=O) groups excluding carboxylic acids is 1. The smallest absolute Gasteiger partial charge is 0.230 e. The highest BCUT2D eigenvalue weighted by atomic mass is 32.2. The van der Waals surface area contributed by atoms with Gasteiger partial charge in [-0.1, -0.05) is 0 Å². The van der Waals surface area contributed by atoms with Crippen LogP contribution in [-0.4, -0.2) is 50.6 Å². The molecule has 0 radical (unpaired) electrons. The Hall–Kier alpha value is -0.660. The van der Waals surface area contributed by atoms with Crippen molar-refractivity contribution in [2.45, 2.75) is 31.8 Å². The van der Waals surface area contributed by atoms with Gasteiger partial charge in [0, 0.05) is 6.04 Å². The molecule has 7 heteroatoms. The van der Waals surface area contributed by atoms with Crippen molar-refractivity contribution in [3.8, 4) is 0 Å². The maximum atomic E-state index is 12.3. The van der Waals surface area contributed by atoms with Gasteiger partial charge in [0.05, 0.1) is 35.7 Å². The number of nitrogens with one attached hydrogen (secondary N) is 1. The fraction of sp³-hybridized carbons (Fsp3) is 0.909. The van der Waals surface area contributed by atoms with E-state index in [0.717, 1.165) is 0 Å². The SMILES string of the molecule is CC1(NC(=O)C2(C)COCC2N)CCS(=O)(=O)C1. The molecule has 0 saturated carbocycles. The molecule has 2 fully saturated rings. The molecular weight excluding hydrogens is 256 g/mol. The van der Waals surface area contributed by atoms with Gasteiger partial charge in [-0.25, -0.2) is 8.42 Å². The molecule has 2 rings (SSSR count). The Kier molecular flexibility index (Phi) is 3.19. The van der Waals surface area contributed by atoms with Gasteiger partial charge in [0.2, 0.25) is 5.91 Å². The molecule has 0 aliphatic carbocycles. The number of nitrogens with two attached hydrogens (primary N) is 1. The Morgan fingerprint density at radius 2 is 2.11 bits per heavy atom. The molecule has 3 unspecified atom stereocenters. The molecule has 104 valence electrons. The van der Waals surface area contributed by atoms with E-state index in [2.05, 4.69) is 5.32 Å².